The Morgan fingerprint density at radius 3 is 2.39 bits per heavy atom. The molecule has 0 radical (unpaired) electrons. The first-order valence-corrected chi connectivity index (χ1v) is 10.3. The number of benzene rings is 2. The fourth-order valence-electron chi connectivity index (χ4n) is 2.88. The van der Waals surface area contributed by atoms with Crippen LogP contribution < -0.4 is 25.4 Å². The fourth-order valence-corrected chi connectivity index (χ4v) is 3.37. The van der Waals surface area contributed by atoms with Gasteiger partial charge in [-0.1, -0.05) is 29.3 Å². The molecule has 2 aromatic rings. The Bertz CT molecular complexity index is 999. The summed E-state index contributed by atoms with van der Waals surface area (Å²) in [7, 11) is 0. The maximum absolute atomic E-state index is 12.2. The van der Waals surface area contributed by atoms with Crippen molar-refractivity contribution in [2.75, 3.05) is 26.3 Å². The van der Waals surface area contributed by atoms with E-state index in [1.54, 1.807) is 6.07 Å². The van der Waals surface area contributed by atoms with Crippen molar-refractivity contribution in [2.45, 2.75) is 13.0 Å². The van der Waals surface area contributed by atoms with Crippen molar-refractivity contribution in [3.05, 3.63) is 57.6 Å². The molecule has 0 saturated carbocycles. The number of rotatable bonds is 7. The molecule has 3 amide bonds. The third-order valence-corrected chi connectivity index (χ3v) is 5.02. The number of ether oxygens (including phenoxy) is 2. The van der Waals surface area contributed by atoms with E-state index in [0.717, 1.165) is 5.56 Å². The first kappa shape index (κ1) is 22.7. The minimum Gasteiger partial charge on any atom is -0.486 e. The molecule has 31 heavy (non-hydrogen) atoms. The minimum atomic E-state index is -0.520. The summed E-state index contributed by atoms with van der Waals surface area (Å²) in [5.41, 5.74) is 1.04. The summed E-state index contributed by atoms with van der Waals surface area (Å²) in [4.78, 5) is 36.2. The van der Waals surface area contributed by atoms with E-state index < -0.39 is 11.8 Å². The SMILES string of the molecule is C[C@@H](NC(=O)CNC(=O)CNC(=O)c1ccc(Cl)cc1Cl)c1ccc2c(c1)OCCO2. The molecule has 164 valence electrons. The standard InChI is InChI=1S/C21H21Cl2N3O5/c1-12(13-2-5-17-18(8-13)31-7-6-30-17)26-20(28)11-24-19(27)10-25-21(29)15-4-3-14(22)9-16(15)23/h2-5,8-9,12H,6-7,10-11H2,1H3,(H,24,27)(H,25,29)(H,26,28)/t12-/m1/s1. The number of hydrogen-bond donors (Lipinski definition) is 3. The zero-order chi connectivity index (χ0) is 22.4. The zero-order valence-electron chi connectivity index (χ0n) is 16.7. The lowest BCUT2D eigenvalue weighted by Gasteiger charge is -2.21. The molecular formula is C21H21Cl2N3O5. The van der Waals surface area contributed by atoms with E-state index in [1.807, 2.05) is 19.1 Å². The van der Waals surface area contributed by atoms with Gasteiger partial charge in [-0.3, -0.25) is 14.4 Å². The number of fused-ring (bicyclic) bond motifs is 1. The van der Waals surface area contributed by atoms with Gasteiger partial charge >= 0.3 is 0 Å². The predicted octanol–water partition coefficient (Wildman–Crippen LogP) is 2.49. The second kappa shape index (κ2) is 10.4. The van der Waals surface area contributed by atoms with Crippen LogP contribution in [0.4, 0.5) is 0 Å². The molecule has 0 bridgehead atoms. The van der Waals surface area contributed by atoms with Crippen molar-refractivity contribution in [3.63, 3.8) is 0 Å². The molecule has 1 aliphatic rings. The summed E-state index contributed by atoms with van der Waals surface area (Å²) in [6.07, 6.45) is 0. The Labute approximate surface area is 189 Å². The van der Waals surface area contributed by atoms with E-state index in [-0.39, 0.29) is 35.6 Å². The highest BCUT2D eigenvalue weighted by Crippen LogP contribution is 2.32. The van der Waals surface area contributed by atoms with Crippen LogP contribution in [-0.2, 0) is 9.59 Å². The maximum Gasteiger partial charge on any atom is 0.253 e. The molecule has 0 aromatic heterocycles. The number of amides is 3. The second-order valence-electron chi connectivity index (χ2n) is 6.78. The highest BCUT2D eigenvalue weighted by Gasteiger charge is 2.17. The molecule has 0 unspecified atom stereocenters. The summed E-state index contributed by atoms with van der Waals surface area (Å²) in [5, 5.41) is 8.27. The molecule has 0 spiro atoms. The topological polar surface area (TPSA) is 106 Å². The van der Waals surface area contributed by atoms with Crippen LogP contribution in [-0.4, -0.2) is 44.0 Å². The van der Waals surface area contributed by atoms with Gasteiger partial charge in [0.15, 0.2) is 11.5 Å². The largest absolute Gasteiger partial charge is 0.486 e. The zero-order valence-corrected chi connectivity index (χ0v) is 18.2. The summed E-state index contributed by atoms with van der Waals surface area (Å²) in [6, 6.07) is 9.58. The molecule has 1 aliphatic heterocycles. The lowest BCUT2D eigenvalue weighted by Crippen LogP contribution is -2.42. The lowest BCUT2D eigenvalue weighted by molar-refractivity contribution is -0.125. The first-order chi connectivity index (χ1) is 14.8. The van der Waals surface area contributed by atoms with Gasteiger partial charge in [0.1, 0.15) is 13.2 Å². The third kappa shape index (κ3) is 6.26. The van der Waals surface area contributed by atoms with Crippen LogP contribution in [0.25, 0.3) is 0 Å². The molecule has 0 fully saturated rings. The minimum absolute atomic E-state index is 0.179. The lowest BCUT2D eigenvalue weighted by atomic mass is 10.1. The molecule has 1 heterocycles. The Hall–Kier alpha value is -2.97. The van der Waals surface area contributed by atoms with Crippen molar-refractivity contribution in [3.8, 4) is 11.5 Å². The molecule has 2 aromatic carbocycles. The quantitative estimate of drug-likeness (QED) is 0.582. The van der Waals surface area contributed by atoms with Gasteiger partial charge in [0, 0.05) is 5.02 Å². The maximum atomic E-state index is 12.2. The summed E-state index contributed by atoms with van der Waals surface area (Å²) in [6.45, 7) is 2.27. The molecule has 10 heteroatoms. The predicted molar refractivity (Wildman–Crippen MR) is 116 cm³/mol. The normalized spacial score (nSPS) is 13.1. The molecule has 3 N–H and O–H groups in total. The van der Waals surface area contributed by atoms with E-state index in [1.165, 1.54) is 18.2 Å². The van der Waals surface area contributed by atoms with Gasteiger partial charge in [0.25, 0.3) is 5.91 Å². The summed E-state index contributed by atoms with van der Waals surface area (Å²) in [5.74, 6) is -0.103. The molecule has 0 saturated heterocycles. The number of carbonyl (C=O) groups excluding carboxylic acids is 3. The Kier molecular flexibility index (Phi) is 7.59. The number of carbonyl (C=O) groups is 3. The number of hydrogen-bond acceptors (Lipinski definition) is 5. The average Bonchev–Trinajstić information content (AvgIpc) is 2.75. The number of nitrogens with one attached hydrogen (secondary N) is 3. The molecule has 8 nitrogen and oxygen atoms in total. The van der Waals surface area contributed by atoms with Gasteiger partial charge in [-0.2, -0.15) is 0 Å². The van der Waals surface area contributed by atoms with Gasteiger partial charge in [-0.25, -0.2) is 0 Å². The van der Waals surface area contributed by atoms with Crippen molar-refractivity contribution in [1.82, 2.24) is 16.0 Å². The van der Waals surface area contributed by atoms with Crippen molar-refractivity contribution in [1.29, 1.82) is 0 Å². The van der Waals surface area contributed by atoms with E-state index in [0.29, 0.717) is 29.7 Å². The molecule has 0 aliphatic carbocycles. The van der Waals surface area contributed by atoms with Crippen LogP contribution in [0.5, 0.6) is 11.5 Å². The van der Waals surface area contributed by atoms with Crippen LogP contribution in [0.3, 0.4) is 0 Å². The van der Waals surface area contributed by atoms with E-state index >= 15 is 0 Å². The van der Waals surface area contributed by atoms with Crippen molar-refractivity contribution in [2.24, 2.45) is 0 Å². The first-order valence-electron chi connectivity index (χ1n) is 9.52. The highest BCUT2D eigenvalue weighted by molar-refractivity contribution is 6.36. The smallest absolute Gasteiger partial charge is 0.253 e. The monoisotopic (exact) mass is 465 g/mol. The van der Waals surface area contributed by atoms with Crippen LogP contribution >= 0.6 is 23.2 Å². The Balaban J connectivity index is 1.42. The number of halogens is 2. The fraction of sp³-hybridized carbons (Fsp3) is 0.286. The van der Waals surface area contributed by atoms with Gasteiger partial charge in [0.05, 0.1) is 29.7 Å². The molecular weight excluding hydrogens is 445 g/mol. The Morgan fingerprint density at radius 1 is 0.935 bits per heavy atom. The van der Waals surface area contributed by atoms with Gasteiger partial charge in [0.2, 0.25) is 11.8 Å². The highest BCUT2D eigenvalue weighted by atomic mass is 35.5. The average molecular weight is 466 g/mol. The summed E-state index contributed by atoms with van der Waals surface area (Å²) < 4.78 is 11.0. The van der Waals surface area contributed by atoms with Gasteiger partial charge in [-0.05, 0) is 42.8 Å². The molecule has 1 atom stereocenters. The van der Waals surface area contributed by atoms with Crippen molar-refractivity contribution < 1.29 is 23.9 Å². The summed E-state index contributed by atoms with van der Waals surface area (Å²) >= 11 is 11.8. The van der Waals surface area contributed by atoms with E-state index in [4.69, 9.17) is 32.7 Å². The van der Waals surface area contributed by atoms with E-state index in [9.17, 15) is 14.4 Å². The Morgan fingerprint density at radius 2 is 1.65 bits per heavy atom. The second-order valence-corrected chi connectivity index (χ2v) is 7.62. The van der Waals surface area contributed by atoms with E-state index in [2.05, 4.69) is 16.0 Å². The van der Waals surface area contributed by atoms with Gasteiger partial charge < -0.3 is 25.4 Å². The molecule has 3 rings (SSSR count). The van der Waals surface area contributed by atoms with Crippen LogP contribution in [0.2, 0.25) is 10.0 Å². The van der Waals surface area contributed by atoms with Crippen LogP contribution in [0.1, 0.15) is 28.9 Å². The van der Waals surface area contributed by atoms with Crippen molar-refractivity contribution >= 4 is 40.9 Å². The van der Waals surface area contributed by atoms with Gasteiger partial charge in [-0.15, -0.1) is 0 Å². The van der Waals surface area contributed by atoms with Crippen LogP contribution in [0, 0.1) is 0 Å². The third-order valence-electron chi connectivity index (χ3n) is 4.48. The van der Waals surface area contributed by atoms with Crippen LogP contribution in [0.15, 0.2) is 36.4 Å².